The minimum absolute atomic E-state index is 0.391. The van der Waals surface area contributed by atoms with Crippen molar-refractivity contribution in [2.75, 3.05) is 0 Å². The fraction of sp³-hybridized carbons (Fsp3) is 0.0714. The van der Waals surface area contributed by atoms with Crippen LogP contribution in [0.3, 0.4) is 0 Å². The summed E-state index contributed by atoms with van der Waals surface area (Å²) in [5, 5.41) is 9.00. The molecule has 0 aliphatic heterocycles. The van der Waals surface area contributed by atoms with Gasteiger partial charge < -0.3 is 5.73 Å². The lowest BCUT2D eigenvalue weighted by Crippen LogP contribution is -2.10. The number of thiophene rings is 1. The van der Waals surface area contributed by atoms with Crippen LogP contribution >= 0.6 is 22.9 Å². The van der Waals surface area contributed by atoms with Gasteiger partial charge in [0.05, 0.1) is 10.9 Å². The summed E-state index contributed by atoms with van der Waals surface area (Å²) < 4.78 is 0.889. The van der Waals surface area contributed by atoms with Crippen LogP contribution in [0.25, 0.3) is 20.5 Å². The quantitative estimate of drug-likeness (QED) is 0.788. The van der Waals surface area contributed by atoms with E-state index < -0.39 is 5.91 Å². The number of nitrogens with two attached hydrogens (primary N) is 1. The van der Waals surface area contributed by atoms with Crippen molar-refractivity contribution in [3.8, 4) is 10.4 Å². The van der Waals surface area contributed by atoms with Crippen LogP contribution < -0.4 is 5.73 Å². The zero-order valence-electron chi connectivity index (χ0n) is 10.6. The number of carbonyl (C=O) groups is 1. The lowest BCUT2D eigenvalue weighted by atomic mass is 10.0. The number of hydrogen-bond acceptors (Lipinski definition) is 4. The molecule has 100 valence electrons. The van der Waals surface area contributed by atoms with Crippen LogP contribution in [-0.2, 0) is 0 Å². The Balaban J connectivity index is 2.22. The molecule has 0 radical (unpaired) electrons. The average Bonchev–Trinajstić information content (AvgIpc) is 2.84. The number of primary amides is 1. The van der Waals surface area contributed by atoms with E-state index in [1.807, 2.05) is 19.1 Å². The van der Waals surface area contributed by atoms with E-state index in [0.29, 0.717) is 10.7 Å². The van der Waals surface area contributed by atoms with Crippen molar-refractivity contribution in [3.63, 3.8) is 0 Å². The first-order valence-electron chi connectivity index (χ1n) is 5.88. The molecule has 20 heavy (non-hydrogen) atoms. The van der Waals surface area contributed by atoms with Gasteiger partial charge in [-0.15, -0.1) is 16.4 Å². The Hall–Kier alpha value is -1.98. The van der Waals surface area contributed by atoms with E-state index in [9.17, 15) is 4.79 Å². The van der Waals surface area contributed by atoms with Crippen molar-refractivity contribution in [1.29, 1.82) is 0 Å². The molecule has 2 N–H and O–H groups in total. The van der Waals surface area contributed by atoms with Crippen LogP contribution in [0.2, 0.25) is 5.15 Å². The van der Waals surface area contributed by atoms with Gasteiger partial charge in [0.15, 0.2) is 5.15 Å². The minimum atomic E-state index is -0.436. The topological polar surface area (TPSA) is 68.9 Å². The molecule has 0 saturated carbocycles. The molecular formula is C14H10ClN3OS. The highest BCUT2D eigenvalue weighted by atomic mass is 35.5. The summed E-state index contributed by atoms with van der Waals surface area (Å²) in [6.45, 7) is 1.99. The van der Waals surface area contributed by atoms with E-state index >= 15 is 0 Å². The minimum Gasteiger partial charge on any atom is -0.366 e. The second-order valence-electron chi connectivity index (χ2n) is 4.42. The van der Waals surface area contributed by atoms with Crippen molar-refractivity contribution < 1.29 is 4.79 Å². The maximum absolute atomic E-state index is 11.3. The molecule has 2 heterocycles. The molecule has 0 bridgehead atoms. The summed E-state index contributed by atoms with van der Waals surface area (Å²) >= 11 is 7.57. The molecule has 3 rings (SSSR count). The van der Waals surface area contributed by atoms with E-state index in [4.69, 9.17) is 17.3 Å². The number of fused-ring (bicyclic) bond motifs is 1. The Morgan fingerprint density at radius 3 is 2.85 bits per heavy atom. The maximum Gasteiger partial charge on any atom is 0.248 e. The fourth-order valence-corrected chi connectivity index (χ4v) is 3.38. The third-order valence-corrected chi connectivity index (χ3v) is 4.65. The summed E-state index contributed by atoms with van der Waals surface area (Å²) in [5.74, 6) is -0.436. The van der Waals surface area contributed by atoms with Crippen LogP contribution in [0.15, 0.2) is 30.5 Å². The first-order chi connectivity index (χ1) is 9.56. The maximum atomic E-state index is 11.3. The number of hydrogen-bond donors (Lipinski definition) is 1. The van der Waals surface area contributed by atoms with Crippen molar-refractivity contribution in [1.82, 2.24) is 10.2 Å². The third kappa shape index (κ3) is 2.15. The lowest BCUT2D eigenvalue weighted by Gasteiger charge is -2.04. The largest absolute Gasteiger partial charge is 0.366 e. The standard InChI is InChI=1S/C14H10ClN3OS/c1-7-2-3-8(14(16)19)4-10(7)11-5-9-6-17-18-13(15)12(9)20-11/h2-6H,1H3,(H2,16,19). The predicted molar refractivity (Wildman–Crippen MR) is 81.1 cm³/mol. The lowest BCUT2D eigenvalue weighted by molar-refractivity contribution is 0.100. The Bertz CT molecular complexity index is 828. The van der Waals surface area contributed by atoms with Gasteiger partial charge in [0.1, 0.15) is 0 Å². The number of aryl methyl sites for hydroxylation is 1. The highest BCUT2D eigenvalue weighted by Gasteiger charge is 2.12. The summed E-state index contributed by atoms with van der Waals surface area (Å²) in [6, 6.07) is 7.41. The van der Waals surface area contributed by atoms with Crippen LogP contribution in [0.5, 0.6) is 0 Å². The molecule has 0 unspecified atom stereocenters. The zero-order valence-corrected chi connectivity index (χ0v) is 12.1. The van der Waals surface area contributed by atoms with E-state index in [2.05, 4.69) is 10.2 Å². The molecule has 1 aromatic carbocycles. The average molecular weight is 304 g/mol. The first-order valence-corrected chi connectivity index (χ1v) is 7.07. The number of carbonyl (C=O) groups excluding carboxylic acids is 1. The molecule has 0 fully saturated rings. The van der Waals surface area contributed by atoms with E-state index in [-0.39, 0.29) is 0 Å². The molecule has 6 heteroatoms. The molecule has 3 aromatic rings. The smallest absolute Gasteiger partial charge is 0.248 e. The van der Waals surface area contributed by atoms with Gasteiger partial charge in [0, 0.05) is 15.8 Å². The molecule has 1 amide bonds. The van der Waals surface area contributed by atoms with Gasteiger partial charge in [-0.3, -0.25) is 4.79 Å². The molecule has 0 spiro atoms. The van der Waals surface area contributed by atoms with Crippen LogP contribution in [0.4, 0.5) is 0 Å². The molecule has 0 saturated heterocycles. The van der Waals surface area contributed by atoms with E-state index in [1.165, 1.54) is 11.3 Å². The number of nitrogens with zero attached hydrogens (tertiary/aromatic N) is 2. The van der Waals surface area contributed by atoms with Gasteiger partial charge in [-0.05, 0) is 36.2 Å². The van der Waals surface area contributed by atoms with Gasteiger partial charge in [-0.25, -0.2) is 0 Å². The summed E-state index contributed by atoms with van der Waals surface area (Å²) in [4.78, 5) is 12.3. The molecule has 0 atom stereocenters. The Kier molecular flexibility index (Phi) is 3.16. The van der Waals surface area contributed by atoms with Gasteiger partial charge >= 0.3 is 0 Å². The summed E-state index contributed by atoms with van der Waals surface area (Å²) in [6.07, 6.45) is 1.68. The van der Waals surface area contributed by atoms with Gasteiger partial charge in [-0.1, -0.05) is 17.7 Å². The molecule has 2 aromatic heterocycles. The highest BCUT2D eigenvalue weighted by Crippen LogP contribution is 2.37. The van der Waals surface area contributed by atoms with Crippen LogP contribution in [-0.4, -0.2) is 16.1 Å². The normalized spacial score (nSPS) is 10.9. The first kappa shape index (κ1) is 13.0. The van der Waals surface area contributed by atoms with Gasteiger partial charge in [0.25, 0.3) is 0 Å². The second-order valence-corrected chi connectivity index (χ2v) is 5.83. The van der Waals surface area contributed by atoms with Crippen molar-refractivity contribution in [3.05, 3.63) is 46.7 Å². The Morgan fingerprint density at radius 2 is 2.15 bits per heavy atom. The molecule has 0 aliphatic rings. The highest BCUT2D eigenvalue weighted by molar-refractivity contribution is 7.22. The number of halogens is 1. The van der Waals surface area contributed by atoms with Crippen molar-refractivity contribution in [2.45, 2.75) is 6.92 Å². The monoisotopic (exact) mass is 303 g/mol. The van der Waals surface area contributed by atoms with E-state index in [1.54, 1.807) is 18.3 Å². The van der Waals surface area contributed by atoms with Crippen LogP contribution in [0.1, 0.15) is 15.9 Å². The number of benzene rings is 1. The zero-order chi connectivity index (χ0) is 14.3. The Morgan fingerprint density at radius 1 is 1.35 bits per heavy atom. The SMILES string of the molecule is Cc1ccc(C(N)=O)cc1-c1cc2cnnc(Cl)c2s1. The van der Waals surface area contributed by atoms with Gasteiger partial charge in [-0.2, -0.15) is 5.10 Å². The molecular weight excluding hydrogens is 294 g/mol. The second kappa shape index (κ2) is 4.85. The number of aromatic nitrogens is 2. The summed E-state index contributed by atoms with van der Waals surface area (Å²) in [7, 11) is 0. The van der Waals surface area contributed by atoms with Gasteiger partial charge in [0.2, 0.25) is 5.91 Å². The number of rotatable bonds is 2. The van der Waals surface area contributed by atoms with Crippen molar-refractivity contribution in [2.24, 2.45) is 5.73 Å². The molecule has 0 aliphatic carbocycles. The van der Waals surface area contributed by atoms with E-state index in [0.717, 1.165) is 26.1 Å². The summed E-state index contributed by atoms with van der Waals surface area (Å²) in [5.41, 5.74) is 7.86. The fourth-order valence-electron chi connectivity index (χ4n) is 2.02. The van der Waals surface area contributed by atoms with Crippen molar-refractivity contribution >= 4 is 38.9 Å². The third-order valence-electron chi connectivity index (χ3n) is 3.08. The Labute approximate surface area is 124 Å². The molecule has 4 nitrogen and oxygen atoms in total. The number of amides is 1. The predicted octanol–water partition coefficient (Wildman–Crippen LogP) is 3.42. The van der Waals surface area contributed by atoms with Crippen LogP contribution in [0, 0.1) is 6.92 Å².